The molecule has 0 saturated heterocycles. The number of aromatic nitrogens is 1. The maximum atomic E-state index is 12.0. The van der Waals surface area contributed by atoms with E-state index in [1.165, 1.54) is 0 Å². The van der Waals surface area contributed by atoms with Crippen LogP contribution in [0.4, 0.5) is 5.82 Å². The van der Waals surface area contributed by atoms with Gasteiger partial charge in [0.05, 0.1) is 7.11 Å². The van der Waals surface area contributed by atoms with Crippen molar-refractivity contribution in [3.8, 4) is 5.75 Å². The molecule has 0 aliphatic heterocycles. The fourth-order valence-corrected chi connectivity index (χ4v) is 1.76. The van der Waals surface area contributed by atoms with Crippen LogP contribution in [-0.4, -0.2) is 18.0 Å². The Kier molecular flexibility index (Phi) is 4.16. The summed E-state index contributed by atoms with van der Waals surface area (Å²) in [6, 6.07) is 8.72. The summed E-state index contributed by atoms with van der Waals surface area (Å²) in [6.07, 6.45) is 1.67. The van der Waals surface area contributed by atoms with Crippen molar-refractivity contribution >= 4 is 27.7 Å². The molecule has 1 N–H and O–H groups in total. The lowest BCUT2D eigenvalue weighted by Gasteiger charge is -2.06. The number of methoxy groups -OCH3 is 1. The van der Waals surface area contributed by atoms with E-state index in [0.717, 1.165) is 10.0 Å². The number of pyridine rings is 1. The largest absolute Gasteiger partial charge is 0.497 e. The predicted octanol–water partition coefficient (Wildman–Crippen LogP) is 3.41. The van der Waals surface area contributed by atoms with E-state index in [-0.39, 0.29) is 5.91 Å². The van der Waals surface area contributed by atoms with Crippen LogP contribution in [0.2, 0.25) is 0 Å². The van der Waals surface area contributed by atoms with Crippen molar-refractivity contribution in [1.82, 2.24) is 4.98 Å². The van der Waals surface area contributed by atoms with E-state index in [0.29, 0.717) is 17.1 Å². The minimum Gasteiger partial charge on any atom is -0.497 e. The van der Waals surface area contributed by atoms with Gasteiger partial charge in [0.2, 0.25) is 0 Å². The van der Waals surface area contributed by atoms with Crippen LogP contribution >= 0.6 is 15.9 Å². The number of carbonyl (C=O) groups excluding carboxylic acids is 1. The molecule has 1 aromatic carbocycles. The Balaban J connectivity index is 2.13. The Bertz CT molecular complexity index is 597. The second-order valence-corrected chi connectivity index (χ2v) is 4.86. The highest BCUT2D eigenvalue weighted by Crippen LogP contribution is 2.18. The number of amides is 1. The summed E-state index contributed by atoms with van der Waals surface area (Å²) in [7, 11) is 1.59. The maximum absolute atomic E-state index is 12.0. The maximum Gasteiger partial charge on any atom is 0.256 e. The Labute approximate surface area is 119 Å². The molecule has 0 radical (unpaired) electrons. The Morgan fingerprint density at radius 1 is 1.32 bits per heavy atom. The molecule has 1 amide bonds. The second-order valence-electron chi connectivity index (χ2n) is 4.00. The summed E-state index contributed by atoms with van der Waals surface area (Å²) >= 11 is 3.37. The minimum atomic E-state index is -0.197. The summed E-state index contributed by atoms with van der Waals surface area (Å²) in [6.45, 7) is 1.94. The lowest BCUT2D eigenvalue weighted by molar-refractivity contribution is 0.102. The van der Waals surface area contributed by atoms with Gasteiger partial charge in [-0.1, -0.05) is 0 Å². The zero-order valence-electron chi connectivity index (χ0n) is 10.6. The number of benzene rings is 1. The van der Waals surface area contributed by atoms with Gasteiger partial charge in [0.25, 0.3) is 5.91 Å². The van der Waals surface area contributed by atoms with E-state index in [2.05, 4.69) is 26.2 Å². The third-order valence-corrected chi connectivity index (χ3v) is 3.47. The highest BCUT2D eigenvalue weighted by molar-refractivity contribution is 9.10. The summed E-state index contributed by atoms with van der Waals surface area (Å²) in [4.78, 5) is 16.1. The molecule has 0 aliphatic carbocycles. The first-order chi connectivity index (χ1) is 9.10. The Morgan fingerprint density at radius 3 is 2.58 bits per heavy atom. The number of hydrogen-bond acceptors (Lipinski definition) is 3. The topological polar surface area (TPSA) is 51.2 Å². The van der Waals surface area contributed by atoms with Gasteiger partial charge in [-0.25, -0.2) is 4.98 Å². The molecule has 5 heteroatoms. The number of hydrogen-bond donors (Lipinski definition) is 1. The standard InChI is InChI=1S/C14H13BrN2O2/c1-9-7-13(16-8-12(9)15)17-14(18)10-3-5-11(19-2)6-4-10/h3-8H,1-2H3,(H,16,17,18). The van der Waals surface area contributed by atoms with Crippen molar-refractivity contribution in [1.29, 1.82) is 0 Å². The highest BCUT2D eigenvalue weighted by Gasteiger charge is 2.07. The van der Waals surface area contributed by atoms with Crippen molar-refractivity contribution in [2.24, 2.45) is 0 Å². The van der Waals surface area contributed by atoms with Crippen LogP contribution < -0.4 is 10.1 Å². The number of aryl methyl sites for hydroxylation is 1. The molecule has 4 nitrogen and oxygen atoms in total. The number of nitrogens with zero attached hydrogens (tertiary/aromatic N) is 1. The molecule has 0 atom stereocenters. The molecule has 0 saturated carbocycles. The average molecular weight is 321 g/mol. The summed E-state index contributed by atoms with van der Waals surface area (Å²) in [5.41, 5.74) is 1.57. The fraction of sp³-hybridized carbons (Fsp3) is 0.143. The van der Waals surface area contributed by atoms with Crippen molar-refractivity contribution in [3.63, 3.8) is 0 Å². The molecule has 1 heterocycles. The number of nitrogens with one attached hydrogen (secondary N) is 1. The first-order valence-electron chi connectivity index (χ1n) is 5.67. The minimum absolute atomic E-state index is 0.197. The average Bonchev–Trinajstić information content (AvgIpc) is 2.43. The van der Waals surface area contributed by atoms with E-state index in [4.69, 9.17) is 4.74 Å². The molecule has 0 bridgehead atoms. The second kappa shape index (κ2) is 5.84. The highest BCUT2D eigenvalue weighted by atomic mass is 79.9. The normalized spacial score (nSPS) is 10.1. The van der Waals surface area contributed by atoms with Crippen LogP contribution in [0.25, 0.3) is 0 Å². The van der Waals surface area contributed by atoms with Gasteiger partial charge in [-0.05, 0) is 58.7 Å². The molecule has 0 fully saturated rings. The Morgan fingerprint density at radius 2 is 2.00 bits per heavy atom. The predicted molar refractivity (Wildman–Crippen MR) is 77.6 cm³/mol. The van der Waals surface area contributed by atoms with E-state index in [1.54, 1.807) is 37.6 Å². The molecule has 2 aromatic rings. The lowest BCUT2D eigenvalue weighted by Crippen LogP contribution is -2.12. The van der Waals surface area contributed by atoms with E-state index in [9.17, 15) is 4.79 Å². The molecule has 0 spiro atoms. The van der Waals surface area contributed by atoms with Gasteiger partial charge in [0.15, 0.2) is 0 Å². The zero-order chi connectivity index (χ0) is 13.8. The van der Waals surface area contributed by atoms with Gasteiger partial charge in [-0.15, -0.1) is 0 Å². The number of anilines is 1. The van der Waals surface area contributed by atoms with Gasteiger partial charge in [-0.3, -0.25) is 4.79 Å². The van der Waals surface area contributed by atoms with Gasteiger partial charge in [0.1, 0.15) is 11.6 Å². The molecule has 0 unspecified atom stereocenters. The van der Waals surface area contributed by atoms with Gasteiger partial charge >= 0.3 is 0 Å². The number of rotatable bonds is 3. The van der Waals surface area contributed by atoms with E-state index in [1.807, 2.05) is 13.0 Å². The van der Waals surface area contributed by atoms with Gasteiger partial charge in [-0.2, -0.15) is 0 Å². The van der Waals surface area contributed by atoms with Crippen LogP contribution in [0.5, 0.6) is 5.75 Å². The van der Waals surface area contributed by atoms with Crippen LogP contribution in [0.3, 0.4) is 0 Å². The third-order valence-electron chi connectivity index (χ3n) is 2.64. The third kappa shape index (κ3) is 3.32. The fourth-order valence-electron chi connectivity index (χ4n) is 1.54. The van der Waals surface area contributed by atoms with Crippen LogP contribution in [0.1, 0.15) is 15.9 Å². The molecule has 0 aliphatic rings. The van der Waals surface area contributed by atoms with Crippen LogP contribution in [0, 0.1) is 6.92 Å². The molecule has 2 rings (SSSR count). The van der Waals surface area contributed by atoms with Crippen molar-refractivity contribution in [2.45, 2.75) is 6.92 Å². The smallest absolute Gasteiger partial charge is 0.256 e. The summed E-state index contributed by atoms with van der Waals surface area (Å²) in [5.74, 6) is 1.05. The quantitative estimate of drug-likeness (QED) is 0.942. The lowest BCUT2D eigenvalue weighted by atomic mass is 10.2. The van der Waals surface area contributed by atoms with Gasteiger partial charge < -0.3 is 10.1 Å². The van der Waals surface area contributed by atoms with E-state index < -0.39 is 0 Å². The van der Waals surface area contributed by atoms with Crippen molar-refractivity contribution in [3.05, 3.63) is 52.1 Å². The summed E-state index contributed by atoms with van der Waals surface area (Å²) in [5, 5.41) is 2.75. The van der Waals surface area contributed by atoms with Gasteiger partial charge in [0, 0.05) is 16.2 Å². The first-order valence-corrected chi connectivity index (χ1v) is 6.47. The van der Waals surface area contributed by atoms with Crippen molar-refractivity contribution in [2.75, 3.05) is 12.4 Å². The number of ether oxygens (including phenoxy) is 1. The molecular weight excluding hydrogens is 308 g/mol. The zero-order valence-corrected chi connectivity index (χ0v) is 12.2. The van der Waals surface area contributed by atoms with Crippen LogP contribution in [-0.2, 0) is 0 Å². The molecule has 19 heavy (non-hydrogen) atoms. The summed E-state index contributed by atoms with van der Waals surface area (Å²) < 4.78 is 5.96. The first kappa shape index (κ1) is 13.5. The van der Waals surface area contributed by atoms with E-state index >= 15 is 0 Å². The number of halogens is 1. The monoisotopic (exact) mass is 320 g/mol. The number of carbonyl (C=O) groups is 1. The molecule has 1 aromatic heterocycles. The van der Waals surface area contributed by atoms with Crippen LogP contribution in [0.15, 0.2) is 41.0 Å². The van der Waals surface area contributed by atoms with Crippen molar-refractivity contribution < 1.29 is 9.53 Å². The SMILES string of the molecule is COc1ccc(C(=O)Nc2cc(C)c(Br)cn2)cc1. The Hall–Kier alpha value is -1.88. The molecular formula is C14H13BrN2O2. The molecule has 98 valence electrons.